The van der Waals surface area contributed by atoms with E-state index >= 15 is 0 Å². The molecule has 0 saturated carbocycles. The van der Waals surface area contributed by atoms with Gasteiger partial charge in [-0.25, -0.2) is 13.1 Å². The molecule has 5 heteroatoms. The SMILES string of the molecule is O=S(=O)(CCc1ccccc1)NC1CCCNC1. The molecule has 1 heterocycles. The molecule has 0 aliphatic carbocycles. The third-order valence-corrected chi connectivity index (χ3v) is 4.58. The van der Waals surface area contributed by atoms with Crippen molar-refractivity contribution < 1.29 is 8.42 Å². The van der Waals surface area contributed by atoms with Gasteiger partial charge in [0.25, 0.3) is 0 Å². The molecule has 18 heavy (non-hydrogen) atoms. The maximum absolute atomic E-state index is 11.9. The quantitative estimate of drug-likeness (QED) is 0.834. The topological polar surface area (TPSA) is 58.2 Å². The first-order chi connectivity index (χ1) is 8.66. The molecule has 2 rings (SSSR count). The Kier molecular flexibility index (Phi) is 4.74. The summed E-state index contributed by atoms with van der Waals surface area (Å²) in [5.74, 6) is 0.160. The summed E-state index contributed by atoms with van der Waals surface area (Å²) in [5.41, 5.74) is 1.06. The van der Waals surface area contributed by atoms with Gasteiger partial charge in [-0.1, -0.05) is 30.3 Å². The zero-order valence-corrected chi connectivity index (χ0v) is 11.2. The summed E-state index contributed by atoms with van der Waals surface area (Å²) in [7, 11) is -3.17. The second kappa shape index (κ2) is 6.31. The van der Waals surface area contributed by atoms with Crippen molar-refractivity contribution in [2.24, 2.45) is 0 Å². The number of aryl methyl sites for hydroxylation is 1. The van der Waals surface area contributed by atoms with Crippen LogP contribution < -0.4 is 10.0 Å². The Hall–Kier alpha value is -0.910. The second-order valence-corrected chi connectivity index (χ2v) is 6.59. The number of rotatable bonds is 5. The average Bonchev–Trinajstić information content (AvgIpc) is 2.38. The molecule has 0 amide bonds. The van der Waals surface area contributed by atoms with Crippen LogP contribution in [0.4, 0.5) is 0 Å². The first kappa shape index (κ1) is 13.5. The second-order valence-electron chi connectivity index (χ2n) is 4.72. The average molecular weight is 268 g/mol. The van der Waals surface area contributed by atoms with Crippen LogP contribution >= 0.6 is 0 Å². The van der Waals surface area contributed by atoms with Gasteiger partial charge in [0.2, 0.25) is 10.0 Å². The van der Waals surface area contributed by atoms with Crippen molar-refractivity contribution in [1.82, 2.24) is 10.0 Å². The van der Waals surface area contributed by atoms with Crippen LogP contribution in [0.3, 0.4) is 0 Å². The summed E-state index contributed by atoms with van der Waals surface area (Å²) in [6.45, 7) is 1.73. The summed E-state index contributed by atoms with van der Waals surface area (Å²) < 4.78 is 26.6. The van der Waals surface area contributed by atoms with Gasteiger partial charge in [0.15, 0.2) is 0 Å². The maximum atomic E-state index is 11.9. The molecule has 1 unspecified atom stereocenters. The summed E-state index contributed by atoms with van der Waals surface area (Å²) >= 11 is 0. The van der Waals surface area contributed by atoms with Crippen molar-refractivity contribution in [3.8, 4) is 0 Å². The lowest BCUT2D eigenvalue weighted by Crippen LogP contribution is -2.46. The normalized spacial score (nSPS) is 20.8. The predicted octanol–water partition coefficient (Wildman–Crippen LogP) is 0.900. The Morgan fingerprint density at radius 2 is 2.06 bits per heavy atom. The third kappa shape index (κ3) is 4.40. The zero-order chi connectivity index (χ0) is 12.8. The number of nitrogens with one attached hydrogen (secondary N) is 2. The van der Waals surface area contributed by atoms with Gasteiger partial charge < -0.3 is 5.32 Å². The van der Waals surface area contributed by atoms with Gasteiger partial charge in [-0.15, -0.1) is 0 Å². The van der Waals surface area contributed by atoms with Crippen molar-refractivity contribution in [3.63, 3.8) is 0 Å². The minimum atomic E-state index is -3.17. The highest BCUT2D eigenvalue weighted by atomic mass is 32.2. The number of hydrogen-bond acceptors (Lipinski definition) is 3. The Morgan fingerprint density at radius 1 is 1.28 bits per heavy atom. The van der Waals surface area contributed by atoms with Crippen LogP contribution in [0.25, 0.3) is 0 Å². The van der Waals surface area contributed by atoms with E-state index in [1.54, 1.807) is 0 Å². The Balaban J connectivity index is 1.83. The van der Waals surface area contributed by atoms with E-state index in [0.717, 1.165) is 31.5 Å². The number of sulfonamides is 1. The molecule has 4 nitrogen and oxygen atoms in total. The first-order valence-electron chi connectivity index (χ1n) is 6.40. The number of benzene rings is 1. The minimum Gasteiger partial charge on any atom is -0.315 e. The molecule has 1 saturated heterocycles. The lowest BCUT2D eigenvalue weighted by atomic mass is 10.1. The van der Waals surface area contributed by atoms with E-state index in [9.17, 15) is 8.42 Å². The van der Waals surface area contributed by atoms with Crippen LogP contribution in [-0.4, -0.2) is 33.3 Å². The fourth-order valence-electron chi connectivity index (χ4n) is 2.16. The zero-order valence-electron chi connectivity index (χ0n) is 10.4. The van der Waals surface area contributed by atoms with Crippen LogP contribution in [0, 0.1) is 0 Å². The van der Waals surface area contributed by atoms with Gasteiger partial charge in [0.1, 0.15) is 0 Å². The summed E-state index contributed by atoms with van der Waals surface area (Å²) in [4.78, 5) is 0. The third-order valence-electron chi connectivity index (χ3n) is 3.15. The van der Waals surface area contributed by atoms with Crippen molar-refractivity contribution in [2.45, 2.75) is 25.3 Å². The maximum Gasteiger partial charge on any atom is 0.212 e. The fourth-order valence-corrected chi connectivity index (χ4v) is 3.49. The van der Waals surface area contributed by atoms with Crippen molar-refractivity contribution >= 4 is 10.0 Å². The monoisotopic (exact) mass is 268 g/mol. The van der Waals surface area contributed by atoms with Crippen LogP contribution in [0.1, 0.15) is 18.4 Å². The largest absolute Gasteiger partial charge is 0.315 e. The number of hydrogen-bond donors (Lipinski definition) is 2. The van der Waals surface area contributed by atoms with Crippen LogP contribution in [0.2, 0.25) is 0 Å². The summed E-state index contributed by atoms with van der Waals surface area (Å²) in [6.07, 6.45) is 2.53. The highest BCUT2D eigenvalue weighted by molar-refractivity contribution is 7.89. The van der Waals surface area contributed by atoms with E-state index in [-0.39, 0.29) is 11.8 Å². The number of piperidine rings is 1. The highest BCUT2D eigenvalue weighted by Crippen LogP contribution is 2.05. The van der Waals surface area contributed by atoms with Gasteiger partial charge >= 0.3 is 0 Å². The Morgan fingerprint density at radius 3 is 2.72 bits per heavy atom. The van der Waals surface area contributed by atoms with E-state index < -0.39 is 10.0 Å². The summed E-state index contributed by atoms with van der Waals surface area (Å²) in [5, 5.41) is 3.20. The van der Waals surface area contributed by atoms with E-state index in [2.05, 4.69) is 10.0 Å². The molecule has 0 radical (unpaired) electrons. The van der Waals surface area contributed by atoms with Crippen LogP contribution in [-0.2, 0) is 16.4 Å². The Bertz CT molecular complexity index is 453. The fraction of sp³-hybridized carbons (Fsp3) is 0.538. The van der Waals surface area contributed by atoms with E-state index in [1.165, 1.54) is 0 Å². The smallest absolute Gasteiger partial charge is 0.212 e. The lowest BCUT2D eigenvalue weighted by molar-refractivity contribution is 0.428. The molecular weight excluding hydrogens is 248 g/mol. The molecule has 1 aliphatic heterocycles. The molecule has 1 aromatic carbocycles. The molecule has 0 aromatic heterocycles. The van der Waals surface area contributed by atoms with Gasteiger partial charge in [-0.05, 0) is 31.4 Å². The van der Waals surface area contributed by atoms with Crippen molar-refractivity contribution in [3.05, 3.63) is 35.9 Å². The van der Waals surface area contributed by atoms with E-state index in [1.807, 2.05) is 30.3 Å². The van der Waals surface area contributed by atoms with Crippen molar-refractivity contribution in [2.75, 3.05) is 18.8 Å². The molecule has 1 atom stereocenters. The standard InChI is InChI=1S/C13H20N2O2S/c16-18(17,15-13-7-4-9-14-11-13)10-8-12-5-2-1-3-6-12/h1-3,5-6,13-15H,4,7-11H2. The molecule has 0 spiro atoms. The van der Waals surface area contributed by atoms with Gasteiger partial charge in [0, 0.05) is 12.6 Å². The molecule has 100 valence electrons. The minimum absolute atomic E-state index is 0.0551. The van der Waals surface area contributed by atoms with Crippen LogP contribution in [0.5, 0.6) is 0 Å². The van der Waals surface area contributed by atoms with Gasteiger partial charge in [0.05, 0.1) is 5.75 Å². The van der Waals surface area contributed by atoms with Crippen molar-refractivity contribution in [1.29, 1.82) is 0 Å². The first-order valence-corrected chi connectivity index (χ1v) is 8.05. The molecule has 1 fully saturated rings. The summed E-state index contributed by atoms with van der Waals surface area (Å²) in [6, 6.07) is 9.76. The molecule has 1 aliphatic rings. The van der Waals surface area contributed by atoms with Gasteiger partial charge in [-0.2, -0.15) is 0 Å². The molecule has 0 bridgehead atoms. The lowest BCUT2D eigenvalue weighted by Gasteiger charge is -2.23. The molecule has 1 aromatic rings. The van der Waals surface area contributed by atoms with E-state index in [4.69, 9.17) is 0 Å². The highest BCUT2D eigenvalue weighted by Gasteiger charge is 2.19. The van der Waals surface area contributed by atoms with Crippen LogP contribution in [0.15, 0.2) is 30.3 Å². The predicted molar refractivity (Wildman–Crippen MR) is 73.0 cm³/mol. The van der Waals surface area contributed by atoms with Gasteiger partial charge in [-0.3, -0.25) is 0 Å². The molecular formula is C13H20N2O2S. The Labute approximate surface area is 109 Å². The molecule has 2 N–H and O–H groups in total. The van der Waals surface area contributed by atoms with E-state index in [0.29, 0.717) is 6.42 Å².